The number of rotatable bonds is 5. The molecule has 1 aliphatic heterocycles. The van der Waals surface area contributed by atoms with E-state index in [1.54, 1.807) is 0 Å². The molecule has 0 bridgehead atoms. The minimum absolute atomic E-state index is 0.732. The van der Waals surface area contributed by atoms with Crippen LogP contribution in [0.25, 0.3) is 0 Å². The van der Waals surface area contributed by atoms with Gasteiger partial charge in [0.05, 0.1) is 0 Å². The van der Waals surface area contributed by atoms with Gasteiger partial charge in [-0.3, -0.25) is 0 Å². The maximum Gasteiger partial charge on any atom is 0.0195 e. The standard InChI is InChI=1S/C10H23N3/c1-11-6-4-7-12-10-5-3-8-13(2)9-10/h10-12H,3-9H2,1-2H3. The van der Waals surface area contributed by atoms with E-state index in [-0.39, 0.29) is 0 Å². The molecule has 0 spiro atoms. The first kappa shape index (κ1) is 11.0. The van der Waals surface area contributed by atoms with Crippen LogP contribution in [0.2, 0.25) is 0 Å². The smallest absolute Gasteiger partial charge is 0.0195 e. The summed E-state index contributed by atoms with van der Waals surface area (Å²) in [6, 6.07) is 0.732. The summed E-state index contributed by atoms with van der Waals surface area (Å²) in [6.45, 7) is 4.77. The Labute approximate surface area is 81.9 Å². The Morgan fingerprint density at radius 1 is 1.38 bits per heavy atom. The molecule has 1 atom stereocenters. The summed E-state index contributed by atoms with van der Waals surface area (Å²) in [4.78, 5) is 2.42. The van der Waals surface area contributed by atoms with Crippen LogP contribution in [0.4, 0.5) is 0 Å². The number of hydrogen-bond acceptors (Lipinski definition) is 3. The van der Waals surface area contributed by atoms with Gasteiger partial charge in [0.15, 0.2) is 0 Å². The zero-order valence-corrected chi connectivity index (χ0v) is 8.97. The van der Waals surface area contributed by atoms with Crippen molar-refractivity contribution in [3.63, 3.8) is 0 Å². The quantitative estimate of drug-likeness (QED) is 0.603. The van der Waals surface area contributed by atoms with E-state index in [4.69, 9.17) is 0 Å². The summed E-state index contributed by atoms with van der Waals surface area (Å²) >= 11 is 0. The molecule has 0 saturated carbocycles. The van der Waals surface area contributed by atoms with Gasteiger partial charge in [0.2, 0.25) is 0 Å². The van der Waals surface area contributed by atoms with E-state index in [9.17, 15) is 0 Å². The minimum Gasteiger partial charge on any atom is -0.320 e. The first-order chi connectivity index (χ1) is 6.33. The third-order valence-corrected chi connectivity index (χ3v) is 2.66. The van der Waals surface area contributed by atoms with Crippen LogP contribution in [0.3, 0.4) is 0 Å². The molecule has 3 nitrogen and oxygen atoms in total. The van der Waals surface area contributed by atoms with Crippen LogP contribution in [0.5, 0.6) is 0 Å². The molecule has 1 saturated heterocycles. The van der Waals surface area contributed by atoms with Crippen molar-refractivity contribution in [2.45, 2.75) is 25.3 Å². The van der Waals surface area contributed by atoms with E-state index in [1.807, 2.05) is 7.05 Å². The Bertz CT molecular complexity index is 127. The molecular formula is C10H23N3. The second kappa shape index (κ2) is 6.35. The zero-order chi connectivity index (χ0) is 9.52. The monoisotopic (exact) mass is 185 g/mol. The van der Waals surface area contributed by atoms with Gasteiger partial charge in [-0.05, 0) is 53.0 Å². The Hall–Kier alpha value is -0.120. The number of piperidine rings is 1. The van der Waals surface area contributed by atoms with Crippen molar-refractivity contribution in [1.29, 1.82) is 0 Å². The van der Waals surface area contributed by atoms with Crippen LogP contribution in [0.1, 0.15) is 19.3 Å². The first-order valence-electron chi connectivity index (χ1n) is 5.39. The van der Waals surface area contributed by atoms with Crippen LogP contribution in [0, 0.1) is 0 Å². The van der Waals surface area contributed by atoms with Crippen molar-refractivity contribution < 1.29 is 0 Å². The predicted molar refractivity (Wildman–Crippen MR) is 57.1 cm³/mol. The molecule has 3 heteroatoms. The normalized spacial score (nSPS) is 24.9. The zero-order valence-electron chi connectivity index (χ0n) is 8.97. The minimum atomic E-state index is 0.732. The van der Waals surface area contributed by atoms with Crippen LogP contribution in [-0.2, 0) is 0 Å². The summed E-state index contributed by atoms with van der Waals surface area (Å²) < 4.78 is 0. The van der Waals surface area contributed by atoms with Crippen molar-refractivity contribution in [3.05, 3.63) is 0 Å². The summed E-state index contributed by atoms with van der Waals surface area (Å²) in [5, 5.41) is 6.77. The van der Waals surface area contributed by atoms with E-state index < -0.39 is 0 Å². The maximum absolute atomic E-state index is 3.61. The van der Waals surface area contributed by atoms with Crippen LogP contribution in [0.15, 0.2) is 0 Å². The van der Waals surface area contributed by atoms with Gasteiger partial charge in [-0.15, -0.1) is 0 Å². The van der Waals surface area contributed by atoms with E-state index in [0.717, 1.165) is 19.1 Å². The second-order valence-electron chi connectivity index (χ2n) is 4.01. The fourth-order valence-corrected chi connectivity index (χ4v) is 1.90. The Morgan fingerprint density at radius 3 is 2.92 bits per heavy atom. The van der Waals surface area contributed by atoms with Crippen LogP contribution >= 0.6 is 0 Å². The van der Waals surface area contributed by atoms with Gasteiger partial charge in [-0.25, -0.2) is 0 Å². The average Bonchev–Trinajstić information content (AvgIpc) is 2.13. The molecule has 0 aliphatic carbocycles. The summed E-state index contributed by atoms with van der Waals surface area (Å²) in [7, 11) is 4.22. The third-order valence-electron chi connectivity index (χ3n) is 2.66. The summed E-state index contributed by atoms with van der Waals surface area (Å²) in [5.41, 5.74) is 0. The average molecular weight is 185 g/mol. The van der Waals surface area contributed by atoms with Crippen LogP contribution in [-0.4, -0.2) is 51.2 Å². The molecule has 13 heavy (non-hydrogen) atoms. The van der Waals surface area contributed by atoms with Gasteiger partial charge in [-0.1, -0.05) is 0 Å². The fraction of sp³-hybridized carbons (Fsp3) is 1.00. The summed E-state index contributed by atoms with van der Waals surface area (Å²) in [6.07, 6.45) is 3.93. The molecule has 2 N–H and O–H groups in total. The topological polar surface area (TPSA) is 27.3 Å². The second-order valence-corrected chi connectivity index (χ2v) is 4.01. The van der Waals surface area contributed by atoms with E-state index in [2.05, 4.69) is 22.6 Å². The molecule has 1 aliphatic rings. The highest BCUT2D eigenvalue weighted by molar-refractivity contribution is 4.75. The number of nitrogens with one attached hydrogen (secondary N) is 2. The molecule has 1 heterocycles. The van der Waals surface area contributed by atoms with Crippen molar-refractivity contribution in [1.82, 2.24) is 15.5 Å². The molecule has 0 aromatic heterocycles. The largest absolute Gasteiger partial charge is 0.320 e. The molecular weight excluding hydrogens is 162 g/mol. The highest BCUT2D eigenvalue weighted by atomic mass is 15.1. The lowest BCUT2D eigenvalue weighted by atomic mass is 10.1. The lowest BCUT2D eigenvalue weighted by Crippen LogP contribution is -2.44. The highest BCUT2D eigenvalue weighted by Crippen LogP contribution is 2.07. The number of nitrogens with zero attached hydrogens (tertiary/aromatic N) is 1. The van der Waals surface area contributed by atoms with Crippen molar-refractivity contribution in [3.8, 4) is 0 Å². The Morgan fingerprint density at radius 2 is 2.23 bits per heavy atom. The number of hydrogen-bond donors (Lipinski definition) is 2. The predicted octanol–water partition coefficient (Wildman–Crippen LogP) is 0.280. The Kier molecular flexibility index (Phi) is 5.35. The molecule has 0 amide bonds. The number of likely N-dealkylation sites (tertiary alicyclic amines) is 1. The molecule has 1 unspecified atom stereocenters. The summed E-state index contributed by atoms with van der Waals surface area (Å²) in [5.74, 6) is 0. The van der Waals surface area contributed by atoms with E-state index >= 15 is 0 Å². The van der Waals surface area contributed by atoms with Crippen molar-refractivity contribution in [2.75, 3.05) is 40.3 Å². The van der Waals surface area contributed by atoms with Gasteiger partial charge in [0, 0.05) is 12.6 Å². The van der Waals surface area contributed by atoms with Gasteiger partial charge in [0.1, 0.15) is 0 Å². The molecule has 1 rings (SSSR count). The number of likely N-dealkylation sites (N-methyl/N-ethyl adjacent to an activating group) is 1. The lowest BCUT2D eigenvalue weighted by Gasteiger charge is -2.30. The lowest BCUT2D eigenvalue weighted by molar-refractivity contribution is 0.227. The van der Waals surface area contributed by atoms with Crippen molar-refractivity contribution >= 4 is 0 Å². The van der Waals surface area contributed by atoms with E-state index in [1.165, 1.54) is 32.4 Å². The van der Waals surface area contributed by atoms with Gasteiger partial charge >= 0.3 is 0 Å². The molecule has 0 radical (unpaired) electrons. The molecule has 78 valence electrons. The fourth-order valence-electron chi connectivity index (χ4n) is 1.90. The SMILES string of the molecule is CNCCCNC1CCCN(C)C1. The highest BCUT2D eigenvalue weighted by Gasteiger charge is 2.15. The third kappa shape index (κ3) is 4.60. The van der Waals surface area contributed by atoms with Crippen LogP contribution < -0.4 is 10.6 Å². The van der Waals surface area contributed by atoms with Gasteiger partial charge < -0.3 is 15.5 Å². The van der Waals surface area contributed by atoms with E-state index in [0.29, 0.717) is 0 Å². The van der Waals surface area contributed by atoms with Gasteiger partial charge in [-0.2, -0.15) is 0 Å². The van der Waals surface area contributed by atoms with Gasteiger partial charge in [0.25, 0.3) is 0 Å². The molecule has 1 fully saturated rings. The maximum atomic E-state index is 3.61. The van der Waals surface area contributed by atoms with Crippen molar-refractivity contribution in [2.24, 2.45) is 0 Å². The Balaban J connectivity index is 2.00. The first-order valence-corrected chi connectivity index (χ1v) is 5.39. The molecule has 0 aromatic rings. The molecule has 0 aromatic carbocycles.